The fourth-order valence-electron chi connectivity index (χ4n) is 2.40. The van der Waals surface area contributed by atoms with E-state index in [2.05, 4.69) is 30.1 Å². The van der Waals surface area contributed by atoms with Crippen LogP contribution in [0.1, 0.15) is 38.0 Å². The first-order chi connectivity index (χ1) is 8.28. The first-order valence-corrected chi connectivity index (χ1v) is 6.77. The molecule has 17 heavy (non-hydrogen) atoms. The third-order valence-electron chi connectivity index (χ3n) is 3.35. The summed E-state index contributed by atoms with van der Waals surface area (Å²) in [5.41, 5.74) is 1.26. The van der Waals surface area contributed by atoms with Gasteiger partial charge in [-0.3, -0.25) is 4.90 Å². The van der Waals surface area contributed by atoms with E-state index in [0.717, 1.165) is 31.3 Å². The fourth-order valence-corrected chi connectivity index (χ4v) is 2.40. The van der Waals surface area contributed by atoms with Crippen molar-refractivity contribution in [3.63, 3.8) is 0 Å². The van der Waals surface area contributed by atoms with Crippen molar-refractivity contribution in [1.82, 2.24) is 10.2 Å². The van der Waals surface area contributed by atoms with Gasteiger partial charge in [-0.15, -0.1) is 0 Å². The summed E-state index contributed by atoms with van der Waals surface area (Å²) >= 11 is 0. The van der Waals surface area contributed by atoms with Crippen LogP contribution in [0.25, 0.3) is 0 Å². The first kappa shape index (κ1) is 12.7. The van der Waals surface area contributed by atoms with Crippen molar-refractivity contribution in [1.29, 1.82) is 0 Å². The Morgan fingerprint density at radius 2 is 2.41 bits per heavy atom. The third-order valence-corrected chi connectivity index (χ3v) is 3.35. The van der Waals surface area contributed by atoms with Crippen molar-refractivity contribution in [2.75, 3.05) is 19.6 Å². The number of nitrogens with one attached hydrogen (secondary N) is 1. The molecule has 0 radical (unpaired) electrons. The number of hydrogen-bond donors (Lipinski definition) is 1. The van der Waals surface area contributed by atoms with Crippen LogP contribution in [0.15, 0.2) is 16.7 Å². The van der Waals surface area contributed by atoms with Gasteiger partial charge in [-0.25, -0.2) is 0 Å². The van der Waals surface area contributed by atoms with Gasteiger partial charge in [0.1, 0.15) is 5.76 Å². The fraction of sp³-hybridized carbons (Fsp3) is 0.714. The summed E-state index contributed by atoms with van der Waals surface area (Å²) < 4.78 is 5.61. The lowest BCUT2D eigenvalue weighted by Crippen LogP contribution is -2.19. The maximum atomic E-state index is 5.61. The second kappa shape index (κ2) is 6.22. The highest BCUT2D eigenvalue weighted by Gasteiger charge is 2.19. The molecule has 2 rings (SSSR count). The molecule has 0 amide bonds. The lowest BCUT2D eigenvalue weighted by atomic mass is 10.2. The molecule has 2 heterocycles. The molecule has 1 aliphatic heterocycles. The largest absolute Gasteiger partial charge is 0.468 e. The maximum Gasteiger partial charge on any atom is 0.118 e. The topological polar surface area (TPSA) is 28.4 Å². The summed E-state index contributed by atoms with van der Waals surface area (Å²) in [6.07, 6.45) is 4.39. The monoisotopic (exact) mass is 236 g/mol. The van der Waals surface area contributed by atoms with Gasteiger partial charge in [0.2, 0.25) is 0 Å². The average molecular weight is 236 g/mol. The Balaban J connectivity index is 1.77. The van der Waals surface area contributed by atoms with Gasteiger partial charge in [-0.1, -0.05) is 13.8 Å². The van der Waals surface area contributed by atoms with Gasteiger partial charge < -0.3 is 9.73 Å². The van der Waals surface area contributed by atoms with Gasteiger partial charge in [0.25, 0.3) is 0 Å². The zero-order chi connectivity index (χ0) is 12.1. The molecule has 1 aliphatic rings. The number of rotatable bonds is 6. The van der Waals surface area contributed by atoms with E-state index < -0.39 is 0 Å². The normalized spacial score (nSPS) is 21.2. The highest BCUT2D eigenvalue weighted by atomic mass is 16.3. The summed E-state index contributed by atoms with van der Waals surface area (Å²) in [6, 6.07) is 2.19. The van der Waals surface area contributed by atoms with E-state index in [-0.39, 0.29) is 0 Å². The summed E-state index contributed by atoms with van der Waals surface area (Å²) in [5, 5.41) is 3.39. The number of hydrogen-bond acceptors (Lipinski definition) is 3. The van der Waals surface area contributed by atoms with Crippen LogP contribution in [0.3, 0.4) is 0 Å². The summed E-state index contributed by atoms with van der Waals surface area (Å²) in [7, 11) is 0. The molecular weight excluding hydrogens is 212 g/mol. The molecule has 1 atom stereocenters. The van der Waals surface area contributed by atoms with Crippen LogP contribution in [-0.4, -0.2) is 24.5 Å². The Labute approximate surface area is 104 Å². The molecule has 0 saturated carbocycles. The Morgan fingerprint density at radius 1 is 1.53 bits per heavy atom. The molecule has 1 unspecified atom stereocenters. The average Bonchev–Trinajstić information content (AvgIpc) is 2.90. The molecule has 96 valence electrons. The molecular formula is C14H24N2O. The van der Waals surface area contributed by atoms with Crippen LogP contribution in [0.2, 0.25) is 0 Å². The highest BCUT2D eigenvalue weighted by Crippen LogP contribution is 2.18. The minimum absolute atomic E-state index is 0.843. The third kappa shape index (κ3) is 3.86. The number of furan rings is 1. The molecule has 1 aromatic rings. The van der Waals surface area contributed by atoms with E-state index in [9.17, 15) is 0 Å². The first-order valence-electron chi connectivity index (χ1n) is 6.77. The van der Waals surface area contributed by atoms with Gasteiger partial charge in [-0.05, 0) is 37.9 Å². The Kier molecular flexibility index (Phi) is 4.63. The van der Waals surface area contributed by atoms with Crippen molar-refractivity contribution in [2.45, 2.75) is 39.8 Å². The predicted molar refractivity (Wildman–Crippen MR) is 69.8 cm³/mol. The Bertz CT molecular complexity index is 335. The van der Waals surface area contributed by atoms with Gasteiger partial charge in [-0.2, -0.15) is 0 Å². The zero-order valence-corrected chi connectivity index (χ0v) is 11.0. The zero-order valence-electron chi connectivity index (χ0n) is 11.0. The summed E-state index contributed by atoms with van der Waals surface area (Å²) in [5.74, 6) is 1.95. The van der Waals surface area contributed by atoms with E-state index in [1.807, 2.05) is 6.26 Å². The lowest BCUT2D eigenvalue weighted by Gasteiger charge is -2.12. The molecule has 1 N–H and O–H groups in total. The van der Waals surface area contributed by atoms with Crippen LogP contribution in [0.5, 0.6) is 0 Å². The quantitative estimate of drug-likeness (QED) is 0.770. The molecule has 1 aromatic heterocycles. The van der Waals surface area contributed by atoms with E-state index in [4.69, 9.17) is 4.42 Å². The second-order valence-corrected chi connectivity index (χ2v) is 5.23. The van der Waals surface area contributed by atoms with Gasteiger partial charge >= 0.3 is 0 Å². The van der Waals surface area contributed by atoms with Crippen LogP contribution in [0.4, 0.5) is 0 Å². The van der Waals surface area contributed by atoms with E-state index in [1.165, 1.54) is 31.5 Å². The summed E-state index contributed by atoms with van der Waals surface area (Å²) in [4.78, 5) is 2.48. The molecule has 0 spiro atoms. The van der Waals surface area contributed by atoms with Gasteiger partial charge in [0.15, 0.2) is 0 Å². The van der Waals surface area contributed by atoms with Crippen molar-refractivity contribution >= 4 is 0 Å². The predicted octanol–water partition coefficient (Wildman–Crippen LogP) is 2.62. The van der Waals surface area contributed by atoms with E-state index >= 15 is 0 Å². The summed E-state index contributed by atoms with van der Waals surface area (Å²) in [6.45, 7) is 9.90. The van der Waals surface area contributed by atoms with Crippen LogP contribution in [0, 0.1) is 5.92 Å². The Morgan fingerprint density at radius 3 is 3.12 bits per heavy atom. The molecule has 1 fully saturated rings. The van der Waals surface area contributed by atoms with Crippen LogP contribution in [-0.2, 0) is 13.1 Å². The van der Waals surface area contributed by atoms with Gasteiger partial charge in [0, 0.05) is 18.7 Å². The van der Waals surface area contributed by atoms with Gasteiger partial charge in [0.05, 0.1) is 12.8 Å². The van der Waals surface area contributed by atoms with Crippen molar-refractivity contribution in [3.8, 4) is 0 Å². The minimum Gasteiger partial charge on any atom is -0.468 e. The Hall–Kier alpha value is -0.800. The molecule has 0 aromatic carbocycles. The van der Waals surface area contributed by atoms with Crippen LogP contribution >= 0.6 is 0 Å². The van der Waals surface area contributed by atoms with Crippen molar-refractivity contribution < 1.29 is 4.42 Å². The van der Waals surface area contributed by atoms with Crippen molar-refractivity contribution in [3.05, 3.63) is 23.7 Å². The molecule has 0 aliphatic carbocycles. The van der Waals surface area contributed by atoms with E-state index in [0.29, 0.717) is 0 Å². The van der Waals surface area contributed by atoms with Crippen molar-refractivity contribution in [2.24, 2.45) is 5.92 Å². The SMILES string of the molecule is CCCNCc1coc(CN2CCC(C)C2)c1. The number of nitrogens with zero attached hydrogens (tertiary/aromatic N) is 1. The molecule has 3 heteroatoms. The molecule has 0 bridgehead atoms. The highest BCUT2D eigenvalue weighted by molar-refractivity contribution is 5.12. The standard InChI is InChI=1S/C14H24N2O/c1-3-5-15-8-13-7-14(17-11-13)10-16-6-4-12(2)9-16/h7,11-12,15H,3-6,8-10H2,1-2H3. The smallest absolute Gasteiger partial charge is 0.118 e. The minimum atomic E-state index is 0.843. The van der Waals surface area contributed by atoms with E-state index in [1.54, 1.807) is 0 Å². The maximum absolute atomic E-state index is 5.61. The second-order valence-electron chi connectivity index (χ2n) is 5.23. The van der Waals surface area contributed by atoms with Crippen LogP contribution < -0.4 is 5.32 Å². The number of likely N-dealkylation sites (tertiary alicyclic amines) is 1. The molecule has 1 saturated heterocycles. The lowest BCUT2D eigenvalue weighted by molar-refractivity contribution is 0.289. The molecule has 3 nitrogen and oxygen atoms in total.